The van der Waals surface area contributed by atoms with Crippen molar-refractivity contribution in [2.75, 3.05) is 6.54 Å². The maximum absolute atomic E-state index is 11.9. The Bertz CT molecular complexity index is 530. The fourth-order valence-corrected chi connectivity index (χ4v) is 2.38. The van der Waals surface area contributed by atoms with Gasteiger partial charge in [0.2, 0.25) is 17.7 Å². The summed E-state index contributed by atoms with van der Waals surface area (Å²) in [6.07, 6.45) is 8.79. The van der Waals surface area contributed by atoms with Crippen molar-refractivity contribution in [3.63, 3.8) is 0 Å². The van der Waals surface area contributed by atoms with E-state index in [2.05, 4.69) is 22.7 Å². The molecule has 0 aromatic carbocycles. The number of nitrogens with zero attached hydrogens (tertiary/aromatic N) is 2. The Hall–Kier alpha value is -2.38. The van der Waals surface area contributed by atoms with Crippen LogP contribution in [0.3, 0.4) is 0 Å². The minimum Gasteiger partial charge on any atom is -0.368 e. The first-order chi connectivity index (χ1) is 12.0. The summed E-state index contributed by atoms with van der Waals surface area (Å²) in [6.45, 7) is 3.05. The summed E-state index contributed by atoms with van der Waals surface area (Å²) in [5.41, 5.74) is 5.29. The fraction of sp³-hybridized carbons (Fsp3) is 0.647. The molecule has 1 atom stereocenters. The zero-order chi connectivity index (χ0) is 18.5. The zero-order valence-electron chi connectivity index (χ0n) is 14.9. The summed E-state index contributed by atoms with van der Waals surface area (Å²) in [5, 5.41) is 9.26. The van der Waals surface area contributed by atoms with Gasteiger partial charge >= 0.3 is 0 Å². The maximum atomic E-state index is 11.9. The first kappa shape index (κ1) is 20.7. The molecule has 1 heterocycles. The molecule has 0 fully saturated rings. The number of unbranched alkanes of at least 4 members (excludes halogenated alkanes) is 4. The van der Waals surface area contributed by atoms with Crippen LogP contribution in [0.1, 0.15) is 51.9 Å². The highest BCUT2D eigenvalue weighted by Gasteiger charge is 2.21. The lowest BCUT2D eigenvalue weighted by molar-refractivity contribution is -0.130. The van der Waals surface area contributed by atoms with E-state index in [4.69, 9.17) is 5.73 Å². The smallest absolute Gasteiger partial charge is 0.240 e. The average molecular weight is 351 g/mol. The third-order valence-electron chi connectivity index (χ3n) is 3.80. The van der Waals surface area contributed by atoms with E-state index in [1.54, 1.807) is 23.1 Å². The molecule has 25 heavy (non-hydrogen) atoms. The second-order valence-electron chi connectivity index (χ2n) is 6.01. The van der Waals surface area contributed by atoms with Gasteiger partial charge in [-0.25, -0.2) is 0 Å². The largest absolute Gasteiger partial charge is 0.368 e. The molecule has 8 nitrogen and oxygen atoms in total. The van der Waals surface area contributed by atoms with E-state index in [0.717, 1.165) is 32.1 Å². The summed E-state index contributed by atoms with van der Waals surface area (Å²) in [4.78, 5) is 35.2. The van der Waals surface area contributed by atoms with Gasteiger partial charge in [-0.1, -0.05) is 32.6 Å². The number of nitrogens with two attached hydrogens (primary N) is 1. The average Bonchev–Trinajstić information content (AvgIpc) is 3.07. The molecule has 1 unspecified atom stereocenters. The molecule has 3 amide bonds. The van der Waals surface area contributed by atoms with E-state index in [1.165, 1.54) is 0 Å². The van der Waals surface area contributed by atoms with Gasteiger partial charge in [0.15, 0.2) is 0 Å². The molecule has 0 radical (unpaired) electrons. The molecule has 1 aromatic rings. The number of carbonyl (C=O) groups excluding carboxylic acids is 3. The van der Waals surface area contributed by atoms with E-state index >= 15 is 0 Å². The lowest BCUT2D eigenvalue weighted by Crippen LogP contribution is -2.47. The number of amides is 3. The molecule has 140 valence electrons. The van der Waals surface area contributed by atoms with E-state index < -0.39 is 11.9 Å². The van der Waals surface area contributed by atoms with Crippen LogP contribution in [0.25, 0.3) is 0 Å². The van der Waals surface area contributed by atoms with Gasteiger partial charge in [0.05, 0.1) is 13.0 Å². The van der Waals surface area contributed by atoms with Crippen LogP contribution in [-0.4, -0.2) is 40.1 Å². The first-order valence-corrected chi connectivity index (χ1v) is 8.85. The SMILES string of the molecule is CCCCCCCC(=O)NC(CC(=O)NCCn1cccn1)C(N)=O. The number of carbonyl (C=O) groups is 3. The summed E-state index contributed by atoms with van der Waals surface area (Å²) in [7, 11) is 0. The molecule has 0 aliphatic rings. The van der Waals surface area contributed by atoms with Crippen LogP contribution in [0, 0.1) is 0 Å². The predicted octanol–water partition coefficient (Wildman–Crippen LogP) is 0.720. The van der Waals surface area contributed by atoms with Crippen molar-refractivity contribution < 1.29 is 14.4 Å². The van der Waals surface area contributed by atoms with E-state index in [1.807, 2.05) is 0 Å². The Labute approximate surface area is 148 Å². The Morgan fingerprint density at radius 3 is 2.56 bits per heavy atom. The summed E-state index contributed by atoms with van der Waals surface area (Å²) >= 11 is 0. The van der Waals surface area contributed by atoms with Gasteiger partial charge in [-0.3, -0.25) is 19.1 Å². The van der Waals surface area contributed by atoms with Gasteiger partial charge in [0.1, 0.15) is 6.04 Å². The van der Waals surface area contributed by atoms with Crippen LogP contribution in [0.5, 0.6) is 0 Å². The highest BCUT2D eigenvalue weighted by atomic mass is 16.2. The first-order valence-electron chi connectivity index (χ1n) is 8.85. The molecular weight excluding hydrogens is 322 g/mol. The van der Waals surface area contributed by atoms with Crippen LogP contribution in [-0.2, 0) is 20.9 Å². The zero-order valence-corrected chi connectivity index (χ0v) is 14.9. The molecule has 8 heteroatoms. The van der Waals surface area contributed by atoms with Gasteiger partial charge < -0.3 is 16.4 Å². The van der Waals surface area contributed by atoms with Crippen molar-refractivity contribution in [3.8, 4) is 0 Å². The van der Waals surface area contributed by atoms with Gasteiger partial charge in [-0.2, -0.15) is 5.10 Å². The highest BCUT2D eigenvalue weighted by Crippen LogP contribution is 2.05. The molecule has 0 bridgehead atoms. The van der Waals surface area contributed by atoms with Crippen molar-refractivity contribution in [2.24, 2.45) is 5.73 Å². The second-order valence-corrected chi connectivity index (χ2v) is 6.01. The van der Waals surface area contributed by atoms with Gasteiger partial charge in [-0.05, 0) is 12.5 Å². The number of rotatable bonds is 13. The Morgan fingerprint density at radius 2 is 1.92 bits per heavy atom. The third kappa shape index (κ3) is 9.49. The van der Waals surface area contributed by atoms with Crippen LogP contribution in [0.4, 0.5) is 0 Å². The summed E-state index contributed by atoms with van der Waals surface area (Å²) < 4.78 is 1.69. The van der Waals surface area contributed by atoms with Crippen molar-refractivity contribution in [1.82, 2.24) is 20.4 Å². The number of nitrogens with one attached hydrogen (secondary N) is 2. The van der Waals surface area contributed by atoms with Gasteiger partial charge in [0.25, 0.3) is 0 Å². The van der Waals surface area contributed by atoms with Crippen molar-refractivity contribution in [2.45, 2.75) is 64.5 Å². The molecule has 0 aliphatic carbocycles. The topological polar surface area (TPSA) is 119 Å². The van der Waals surface area contributed by atoms with E-state index in [9.17, 15) is 14.4 Å². The van der Waals surface area contributed by atoms with Gasteiger partial charge in [-0.15, -0.1) is 0 Å². The monoisotopic (exact) mass is 351 g/mol. The predicted molar refractivity (Wildman–Crippen MR) is 94.4 cm³/mol. The minimum atomic E-state index is -0.979. The minimum absolute atomic E-state index is 0.157. The Balaban J connectivity index is 2.26. The highest BCUT2D eigenvalue weighted by molar-refractivity contribution is 5.91. The van der Waals surface area contributed by atoms with Crippen molar-refractivity contribution in [3.05, 3.63) is 18.5 Å². The normalized spacial score (nSPS) is 11.7. The maximum Gasteiger partial charge on any atom is 0.240 e. The molecule has 4 N–H and O–H groups in total. The molecule has 0 saturated carbocycles. The summed E-state index contributed by atoms with van der Waals surface area (Å²) in [5.74, 6) is -1.29. The van der Waals surface area contributed by atoms with Gasteiger partial charge in [0, 0.05) is 25.4 Å². The molecule has 0 saturated heterocycles. The molecule has 1 aromatic heterocycles. The molecule has 1 rings (SSSR count). The van der Waals surface area contributed by atoms with E-state index in [0.29, 0.717) is 19.5 Å². The number of primary amides is 1. The quantitative estimate of drug-likeness (QED) is 0.454. The standard InChI is InChI=1S/C17H29N5O3/c1-2-3-4-5-6-8-15(23)21-14(17(18)25)13-16(24)19-10-12-22-11-7-9-20-22/h7,9,11,14H,2-6,8,10,12-13H2,1H3,(H2,18,25)(H,19,24)(H,21,23). The van der Waals surface area contributed by atoms with Crippen LogP contribution >= 0.6 is 0 Å². The fourth-order valence-electron chi connectivity index (χ4n) is 2.38. The summed E-state index contributed by atoms with van der Waals surface area (Å²) in [6, 6.07) is 0.816. The van der Waals surface area contributed by atoms with Crippen molar-refractivity contribution in [1.29, 1.82) is 0 Å². The second kappa shape index (κ2) is 12.0. The lowest BCUT2D eigenvalue weighted by atomic mass is 10.1. The van der Waals surface area contributed by atoms with E-state index in [-0.39, 0.29) is 18.2 Å². The Kier molecular flexibility index (Phi) is 9.96. The van der Waals surface area contributed by atoms with Crippen LogP contribution in [0.2, 0.25) is 0 Å². The van der Waals surface area contributed by atoms with Crippen molar-refractivity contribution >= 4 is 17.7 Å². The van der Waals surface area contributed by atoms with Crippen LogP contribution < -0.4 is 16.4 Å². The number of hydrogen-bond donors (Lipinski definition) is 3. The number of hydrogen-bond acceptors (Lipinski definition) is 4. The molecule has 0 spiro atoms. The molecule has 0 aliphatic heterocycles. The Morgan fingerprint density at radius 1 is 1.16 bits per heavy atom. The molecular formula is C17H29N5O3. The third-order valence-corrected chi connectivity index (χ3v) is 3.80. The van der Waals surface area contributed by atoms with Crippen LogP contribution in [0.15, 0.2) is 18.5 Å². The lowest BCUT2D eigenvalue weighted by Gasteiger charge is -2.15. The number of aromatic nitrogens is 2.